The van der Waals surface area contributed by atoms with Crippen LogP contribution in [0.4, 0.5) is 4.39 Å². The van der Waals surface area contributed by atoms with Crippen LogP contribution in [0.3, 0.4) is 0 Å². The van der Waals surface area contributed by atoms with Gasteiger partial charge in [-0.1, -0.05) is 18.2 Å². The number of hydrogen-bond donors (Lipinski definition) is 0. The van der Waals surface area contributed by atoms with Crippen LogP contribution in [0.1, 0.15) is 16.7 Å². The summed E-state index contributed by atoms with van der Waals surface area (Å²) < 4.78 is 14.1. The van der Waals surface area contributed by atoms with Crippen LogP contribution in [0.5, 0.6) is 0 Å². The molecular formula is C15H9FN2. The molecule has 0 aromatic heterocycles. The molecule has 0 fully saturated rings. The molecule has 0 unspecified atom stereocenters. The first-order valence-corrected chi connectivity index (χ1v) is 5.37. The average Bonchev–Trinajstić information content (AvgIpc) is 2.42. The number of hydrogen-bond acceptors (Lipinski definition) is 2. The maximum absolute atomic E-state index is 14.1. The van der Waals surface area contributed by atoms with Gasteiger partial charge in [0.2, 0.25) is 0 Å². The van der Waals surface area contributed by atoms with Crippen LogP contribution < -0.4 is 0 Å². The minimum Gasteiger partial charge on any atom is -0.206 e. The van der Waals surface area contributed by atoms with Crippen LogP contribution in [0.15, 0.2) is 36.4 Å². The lowest BCUT2D eigenvalue weighted by Gasteiger charge is -2.08. The molecule has 0 saturated carbocycles. The second-order valence-corrected chi connectivity index (χ2v) is 3.92. The van der Waals surface area contributed by atoms with Crippen LogP contribution >= 0.6 is 0 Å². The van der Waals surface area contributed by atoms with Gasteiger partial charge in [-0.25, -0.2) is 4.39 Å². The molecule has 0 bridgehead atoms. The number of benzene rings is 2. The van der Waals surface area contributed by atoms with E-state index in [1.54, 1.807) is 43.3 Å². The van der Waals surface area contributed by atoms with Gasteiger partial charge in [0.25, 0.3) is 0 Å². The van der Waals surface area contributed by atoms with Crippen molar-refractivity contribution in [2.75, 3.05) is 0 Å². The van der Waals surface area contributed by atoms with Crippen molar-refractivity contribution in [1.29, 1.82) is 10.5 Å². The summed E-state index contributed by atoms with van der Waals surface area (Å²) in [6, 6.07) is 13.7. The molecule has 86 valence electrons. The van der Waals surface area contributed by atoms with Crippen LogP contribution in [0.25, 0.3) is 11.1 Å². The molecule has 0 radical (unpaired) electrons. The second kappa shape index (κ2) is 4.69. The zero-order chi connectivity index (χ0) is 13.1. The standard InChI is InChI=1S/C15H9FN2/c1-10-2-5-13(9-18)14(15(10)16)12-6-3-11(8-17)4-7-12/h2-7H,1H3. The molecule has 2 nitrogen and oxygen atoms in total. The first-order valence-electron chi connectivity index (χ1n) is 5.37. The van der Waals surface area contributed by atoms with E-state index in [1.807, 2.05) is 12.1 Å². The van der Waals surface area contributed by atoms with Gasteiger partial charge in [0.15, 0.2) is 0 Å². The normalized spacial score (nSPS) is 9.56. The third-order valence-corrected chi connectivity index (χ3v) is 2.76. The third-order valence-electron chi connectivity index (χ3n) is 2.76. The van der Waals surface area contributed by atoms with E-state index in [0.717, 1.165) is 0 Å². The Kier molecular flexibility index (Phi) is 3.08. The fraction of sp³-hybridized carbons (Fsp3) is 0.0667. The van der Waals surface area contributed by atoms with Crippen LogP contribution in [-0.2, 0) is 0 Å². The molecule has 2 aromatic carbocycles. The number of nitrogens with zero attached hydrogens (tertiary/aromatic N) is 2. The van der Waals surface area contributed by atoms with Crippen molar-refractivity contribution in [2.24, 2.45) is 0 Å². The van der Waals surface area contributed by atoms with Crippen molar-refractivity contribution in [3.05, 3.63) is 58.9 Å². The zero-order valence-electron chi connectivity index (χ0n) is 9.74. The fourth-order valence-corrected chi connectivity index (χ4v) is 1.77. The van der Waals surface area contributed by atoms with Gasteiger partial charge in [0, 0.05) is 5.56 Å². The first kappa shape index (κ1) is 11.8. The molecule has 18 heavy (non-hydrogen) atoms. The molecule has 0 aliphatic rings. The Morgan fingerprint density at radius 3 is 2.17 bits per heavy atom. The van der Waals surface area contributed by atoms with Crippen molar-refractivity contribution < 1.29 is 4.39 Å². The Hall–Kier alpha value is -2.65. The Bertz CT molecular complexity index is 673. The molecule has 0 amide bonds. The summed E-state index contributed by atoms with van der Waals surface area (Å²) in [7, 11) is 0. The maximum Gasteiger partial charge on any atom is 0.135 e. The lowest BCUT2D eigenvalue weighted by molar-refractivity contribution is 0.621. The summed E-state index contributed by atoms with van der Waals surface area (Å²) >= 11 is 0. The van der Waals surface area contributed by atoms with Gasteiger partial charge in [0.1, 0.15) is 5.82 Å². The Morgan fingerprint density at radius 2 is 1.61 bits per heavy atom. The van der Waals surface area contributed by atoms with Crippen LogP contribution in [-0.4, -0.2) is 0 Å². The van der Waals surface area contributed by atoms with Crippen molar-refractivity contribution in [1.82, 2.24) is 0 Å². The molecule has 0 spiro atoms. The highest BCUT2D eigenvalue weighted by molar-refractivity contribution is 5.72. The van der Waals surface area contributed by atoms with Gasteiger partial charge in [-0.3, -0.25) is 0 Å². The van der Waals surface area contributed by atoms with Crippen LogP contribution in [0, 0.1) is 35.4 Å². The van der Waals surface area contributed by atoms with E-state index in [1.165, 1.54) is 0 Å². The highest BCUT2D eigenvalue weighted by atomic mass is 19.1. The summed E-state index contributed by atoms with van der Waals surface area (Å²) in [5.74, 6) is -0.390. The highest BCUT2D eigenvalue weighted by Crippen LogP contribution is 2.28. The van der Waals surface area contributed by atoms with E-state index in [0.29, 0.717) is 27.8 Å². The summed E-state index contributed by atoms with van der Waals surface area (Å²) in [4.78, 5) is 0. The van der Waals surface area contributed by atoms with Crippen LogP contribution in [0.2, 0.25) is 0 Å². The second-order valence-electron chi connectivity index (χ2n) is 3.92. The minimum atomic E-state index is -0.390. The van der Waals surface area contributed by atoms with Gasteiger partial charge in [0.05, 0.1) is 23.3 Å². The zero-order valence-corrected chi connectivity index (χ0v) is 9.74. The molecule has 0 N–H and O–H groups in total. The van der Waals surface area contributed by atoms with Gasteiger partial charge in [-0.2, -0.15) is 10.5 Å². The maximum atomic E-state index is 14.1. The lowest BCUT2D eigenvalue weighted by Crippen LogP contribution is -1.93. The molecular weight excluding hydrogens is 227 g/mol. The molecule has 0 aliphatic heterocycles. The molecule has 0 aliphatic carbocycles. The topological polar surface area (TPSA) is 47.6 Å². The van der Waals surface area contributed by atoms with Crippen molar-refractivity contribution >= 4 is 0 Å². The molecule has 0 atom stereocenters. The Balaban J connectivity index is 2.67. The number of halogens is 1. The summed E-state index contributed by atoms with van der Waals surface area (Å²) in [5, 5.41) is 17.7. The van der Waals surface area contributed by atoms with E-state index < -0.39 is 5.82 Å². The van der Waals surface area contributed by atoms with Gasteiger partial charge < -0.3 is 0 Å². The predicted molar refractivity (Wildman–Crippen MR) is 66.0 cm³/mol. The quantitative estimate of drug-likeness (QED) is 0.760. The largest absolute Gasteiger partial charge is 0.206 e. The smallest absolute Gasteiger partial charge is 0.135 e. The van der Waals surface area contributed by atoms with Gasteiger partial charge in [-0.05, 0) is 36.2 Å². The van der Waals surface area contributed by atoms with Crippen molar-refractivity contribution in [2.45, 2.75) is 6.92 Å². The molecule has 0 saturated heterocycles. The Labute approximate surface area is 105 Å². The SMILES string of the molecule is Cc1ccc(C#N)c(-c2ccc(C#N)cc2)c1F. The van der Waals surface area contributed by atoms with Gasteiger partial charge in [-0.15, -0.1) is 0 Å². The van der Waals surface area contributed by atoms with Crippen molar-refractivity contribution in [3.63, 3.8) is 0 Å². The van der Waals surface area contributed by atoms with E-state index in [4.69, 9.17) is 10.5 Å². The summed E-state index contributed by atoms with van der Waals surface area (Å²) in [6.45, 7) is 1.66. The lowest BCUT2D eigenvalue weighted by atomic mass is 9.96. The van der Waals surface area contributed by atoms with Gasteiger partial charge >= 0.3 is 0 Å². The Morgan fingerprint density at radius 1 is 0.944 bits per heavy atom. The molecule has 3 heteroatoms. The predicted octanol–water partition coefficient (Wildman–Crippen LogP) is 3.54. The monoisotopic (exact) mass is 236 g/mol. The number of rotatable bonds is 1. The van der Waals surface area contributed by atoms with E-state index in [2.05, 4.69) is 0 Å². The average molecular weight is 236 g/mol. The first-order chi connectivity index (χ1) is 8.67. The van der Waals surface area contributed by atoms with E-state index in [-0.39, 0.29) is 0 Å². The minimum absolute atomic E-state index is 0.294. The van der Waals surface area contributed by atoms with Crippen molar-refractivity contribution in [3.8, 4) is 23.3 Å². The highest BCUT2D eigenvalue weighted by Gasteiger charge is 2.13. The number of aryl methyl sites for hydroxylation is 1. The van der Waals surface area contributed by atoms with E-state index in [9.17, 15) is 4.39 Å². The third kappa shape index (κ3) is 1.95. The molecule has 0 heterocycles. The molecule has 2 aromatic rings. The van der Waals surface area contributed by atoms with E-state index >= 15 is 0 Å². The fourth-order valence-electron chi connectivity index (χ4n) is 1.77. The molecule has 2 rings (SSSR count). The summed E-state index contributed by atoms with van der Waals surface area (Å²) in [5.41, 5.74) is 2.19. The number of nitriles is 2. The summed E-state index contributed by atoms with van der Waals surface area (Å²) in [6.07, 6.45) is 0.